The van der Waals surface area contributed by atoms with Gasteiger partial charge in [0.05, 0.1) is 23.0 Å². The highest BCUT2D eigenvalue weighted by atomic mass is 79.9. The van der Waals surface area contributed by atoms with Crippen molar-refractivity contribution in [2.75, 3.05) is 6.61 Å². The standard InChI is InChI=1S/C14H14Br2N2O3/c1-3-20-14(19)10-7-17-18(2)12(10)8-21-13-5-4-9(15)6-11(13)16/h4-7H,3,8H2,1-2H3. The predicted molar refractivity (Wildman–Crippen MR) is 85.3 cm³/mol. The van der Waals surface area contributed by atoms with Crippen molar-refractivity contribution in [1.29, 1.82) is 0 Å². The second-order valence-corrected chi connectivity index (χ2v) is 5.98. The largest absolute Gasteiger partial charge is 0.486 e. The topological polar surface area (TPSA) is 53.3 Å². The lowest BCUT2D eigenvalue weighted by atomic mass is 10.2. The van der Waals surface area contributed by atoms with Crippen LogP contribution in [-0.2, 0) is 18.4 Å². The Morgan fingerprint density at radius 3 is 2.81 bits per heavy atom. The molecule has 1 aromatic heterocycles. The van der Waals surface area contributed by atoms with E-state index in [9.17, 15) is 4.79 Å². The normalized spacial score (nSPS) is 10.5. The molecule has 0 N–H and O–H groups in total. The molecular weight excluding hydrogens is 404 g/mol. The van der Waals surface area contributed by atoms with E-state index in [-0.39, 0.29) is 12.6 Å². The molecule has 0 aliphatic carbocycles. The van der Waals surface area contributed by atoms with Crippen molar-refractivity contribution in [3.05, 3.63) is 44.6 Å². The average Bonchev–Trinajstić information content (AvgIpc) is 2.79. The van der Waals surface area contributed by atoms with Gasteiger partial charge < -0.3 is 9.47 Å². The van der Waals surface area contributed by atoms with Gasteiger partial charge in [-0.2, -0.15) is 5.10 Å². The lowest BCUT2D eigenvalue weighted by molar-refractivity contribution is 0.0523. The van der Waals surface area contributed by atoms with Crippen molar-refractivity contribution < 1.29 is 14.3 Å². The van der Waals surface area contributed by atoms with Gasteiger partial charge in [0.1, 0.15) is 17.9 Å². The fourth-order valence-electron chi connectivity index (χ4n) is 1.75. The second-order valence-electron chi connectivity index (χ2n) is 4.21. The maximum atomic E-state index is 11.9. The molecule has 0 radical (unpaired) electrons. The third-order valence-electron chi connectivity index (χ3n) is 2.82. The third-order valence-corrected chi connectivity index (χ3v) is 3.93. The minimum Gasteiger partial charge on any atom is -0.486 e. The van der Waals surface area contributed by atoms with E-state index >= 15 is 0 Å². The van der Waals surface area contributed by atoms with Crippen molar-refractivity contribution in [2.45, 2.75) is 13.5 Å². The zero-order valence-electron chi connectivity index (χ0n) is 11.6. The highest BCUT2D eigenvalue weighted by Gasteiger charge is 2.18. The summed E-state index contributed by atoms with van der Waals surface area (Å²) in [6.45, 7) is 2.32. The van der Waals surface area contributed by atoms with Crippen LogP contribution in [0.3, 0.4) is 0 Å². The Kier molecular flexibility index (Phi) is 5.41. The maximum Gasteiger partial charge on any atom is 0.341 e. The first-order valence-corrected chi connectivity index (χ1v) is 7.87. The zero-order chi connectivity index (χ0) is 15.4. The number of esters is 1. The van der Waals surface area contributed by atoms with Crippen LogP contribution in [0.2, 0.25) is 0 Å². The molecule has 2 aromatic rings. The molecule has 0 unspecified atom stereocenters. The van der Waals surface area contributed by atoms with Crippen LogP contribution in [0, 0.1) is 0 Å². The molecule has 0 aliphatic rings. The number of hydrogen-bond donors (Lipinski definition) is 0. The first-order chi connectivity index (χ1) is 10.0. The van der Waals surface area contributed by atoms with E-state index in [1.54, 1.807) is 18.7 Å². The van der Waals surface area contributed by atoms with Crippen molar-refractivity contribution in [2.24, 2.45) is 7.05 Å². The van der Waals surface area contributed by atoms with Gasteiger partial charge >= 0.3 is 5.97 Å². The number of ether oxygens (including phenoxy) is 2. The molecule has 0 bridgehead atoms. The number of benzene rings is 1. The van der Waals surface area contributed by atoms with E-state index in [4.69, 9.17) is 9.47 Å². The Morgan fingerprint density at radius 2 is 2.14 bits per heavy atom. The SMILES string of the molecule is CCOC(=O)c1cnn(C)c1COc1ccc(Br)cc1Br. The Bertz CT molecular complexity index is 656. The summed E-state index contributed by atoms with van der Waals surface area (Å²) in [5.41, 5.74) is 1.09. The van der Waals surface area contributed by atoms with Crippen LogP contribution in [-0.4, -0.2) is 22.4 Å². The van der Waals surface area contributed by atoms with Gasteiger partial charge in [0.2, 0.25) is 0 Å². The molecular formula is C14H14Br2N2O3. The molecule has 0 aliphatic heterocycles. The highest BCUT2D eigenvalue weighted by molar-refractivity contribution is 9.11. The van der Waals surface area contributed by atoms with Crippen LogP contribution < -0.4 is 4.74 Å². The molecule has 0 spiro atoms. The van der Waals surface area contributed by atoms with Gasteiger partial charge in [-0.1, -0.05) is 15.9 Å². The minimum atomic E-state index is -0.390. The van der Waals surface area contributed by atoms with E-state index in [2.05, 4.69) is 37.0 Å². The molecule has 0 atom stereocenters. The molecule has 112 valence electrons. The summed E-state index contributed by atoms with van der Waals surface area (Å²) in [7, 11) is 1.76. The molecule has 0 fully saturated rings. The summed E-state index contributed by atoms with van der Waals surface area (Å²) in [6, 6.07) is 5.62. The van der Waals surface area contributed by atoms with Gasteiger partial charge in [0.15, 0.2) is 0 Å². The van der Waals surface area contributed by atoms with Gasteiger partial charge in [-0.3, -0.25) is 4.68 Å². The average molecular weight is 418 g/mol. The number of carbonyl (C=O) groups is 1. The Labute approximate surface area is 139 Å². The summed E-state index contributed by atoms with van der Waals surface area (Å²) in [5, 5.41) is 4.09. The Hall–Kier alpha value is -1.34. The van der Waals surface area contributed by atoms with E-state index in [1.165, 1.54) is 6.20 Å². The third kappa shape index (κ3) is 3.85. The molecule has 0 amide bonds. The fourth-order valence-corrected chi connectivity index (χ4v) is 2.91. The quantitative estimate of drug-likeness (QED) is 0.696. The number of nitrogens with zero attached hydrogens (tertiary/aromatic N) is 2. The summed E-state index contributed by atoms with van der Waals surface area (Å²) in [6.07, 6.45) is 1.49. The first-order valence-electron chi connectivity index (χ1n) is 6.28. The molecule has 7 heteroatoms. The lowest BCUT2D eigenvalue weighted by Gasteiger charge is -2.10. The van der Waals surface area contributed by atoms with Gasteiger partial charge in [-0.05, 0) is 41.1 Å². The van der Waals surface area contributed by atoms with Crippen LogP contribution >= 0.6 is 31.9 Å². The molecule has 21 heavy (non-hydrogen) atoms. The van der Waals surface area contributed by atoms with E-state index in [0.29, 0.717) is 23.6 Å². The molecule has 1 aromatic carbocycles. The van der Waals surface area contributed by atoms with Crippen molar-refractivity contribution in [3.63, 3.8) is 0 Å². The van der Waals surface area contributed by atoms with Crippen LogP contribution in [0.25, 0.3) is 0 Å². The van der Waals surface area contributed by atoms with Gasteiger partial charge in [0.25, 0.3) is 0 Å². The van der Waals surface area contributed by atoms with Crippen LogP contribution in [0.5, 0.6) is 5.75 Å². The van der Waals surface area contributed by atoms with E-state index in [0.717, 1.165) is 8.95 Å². The first kappa shape index (κ1) is 16.0. The summed E-state index contributed by atoms with van der Waals surface area (Å²) in [4.78, 5) is 11.9. The number of aromatic nitrogens is 2. The maximum absolute atomic E-state index is 11.9. The van der Waals surface area contributed by atoms with Crippen molar-refractivity contribution in [1.82, 2.24) is 9.78 Å². The number of rotatable bonds is 5. The summed E-state index contributed by atoms with van der Waals surface area (Å²) in [5.74, 6) is 0.299. The molecule has 0 saturated carbocycles. The minimum absolute atomic E-state index is 0.227. The Morgan fingerprint density at radius 1 is 1.38 bits per heavy atom. The second kappa shape index (κ2) is 7.09. The molecule has 0 saturated heterocycles. The monoisotopic (exact) mass is 416 g/mol. The smallest absolute Gasteiger partial charge is 0.341 e. The van der Waals surface area contributed by atoms with Crippen LogP contribution in [0.1, 0.15) is 23.0 Å². The molecule has 5 nitrogen and oxygen atoms in total. The Balaban J connectivity index is 2.16. The van der Waals surface area contributed by atoms with Crippen LogP contribution in [0.4, 0.5) is 0 Å². The number of carbonyl (C=O) groups excluding carboxylic acids is 1. The summed E-state index contributed by atoms with van der Waals surface area (Å²) < 4.78 is 14.2. The summed E-state index contributed by atoms with van der Waals surface area (Å²) >= 11 is 6.82. The van der Waals surface area contributed by atoms with Crippen molar-refractivity contribution in [3.8, 4) is 5.75 Å². The predicted octanol–water partition coefficient (Wildman–Crippen LogP) is 3.70. The van der Waals surface area contributed by atoms with Crippen LogP contribution in [0.15, 0.2) is 33.3 Å². The van der Waals surface area contributed by atoms with Gasteiger partial charge in [-0.15, -0.1) is 0 Å². The van der Waals surface area contributed by atoms with Crippen molar-refractivity contribution >= 4 is 37.8 Å². The highest BCUT2D eigenvalue weighted by Crippen LogP contribution is 2.29. The number of hydrogen-bond acceptors (Lipinski definition) is 4. The molecule has 2 rings (SSSR count). The van der Waals surface area contributed by atoms with E-state index in [1.807, 2.05) is 18.2 Å². The fraction of sp³-hybridized carbons (Fsp3) is 0.286. The van der Waals surface area contributed by atoms with Gasteiger partial charge in [-0.25, -0.2) is 4.79 Å². The number of halogens is 2. The molecule has 1 heterocycles. The zero-order valence-corrected chi connectivity index (χ0v) is 14.8. The number of aryl methyl sites for hydroxylation is 1. The lowest BCUT2D eigenvalue weighted by Crippen LogP contribution is -2.11. The van der Waals surface area contributed by atoms with Gasteiger partial charge in [0, 0.05) is 11.5 Å². The van der Waals surface area contributed by atoms with E-state index < -0.39 is 0 Å².